The van der Waals surface area contributed by atoms with Gasteiger partial charge in [-0.25, -0.2) is 0 Å². The molecule has 1 saturated heterocycles. The van der Waals surface area contributed by atoms with E-state index >= 15 is 0 Å². The molecule has 0 aromatic carbocycles. The van der Waals surface area contributed by atoms with E-state index in [9.17, 15) is 0 Å². The lowest BCUT2D eigenvalue weighted by atomic mass is 10.2. The van der Waals surface area contributed by atoms with E-state index in [1.165, 1.54) is 0 Å². The van der Waals surface area contributed by atoms with Crippen LogP contribution in [0.3, 0.4) is 0 Å². The summed E-state index contributed by atoms with van der Waals surface area (Å²) in [7, 11) is 0. The van der Waals surface area contributed by atoms with Gasteiger partial charge in [0.15, 0.2) is 0 Å². The van der Waals surface area contributed by atoms with Gasteiger partial charge in [0, 0.05) is 6.42 Å². The van der Waals surface area contributed by atoms with Crippen LogP contribution in [0.4, 0.5) is 0 Å². The third kappa shape index (κ3) is 0.816. The summed E-state index contributed by atoms with van der Waals surface area (Å²) in [6.07, 6.45) is 0.803. The monoisotopic (exact) mass is 115 g/mol. The van der Waals surface area contributed by atoms with Crippen molar-refractivity contribution in [3.63, 3.8) is 0 Å². The highest BCUT2D eigenvalue weighted by Gasteiger charge is 2.18. The number of hydrogen-bond acceptors (Lipinski definition) is 3. The molecule has 1 aliphatic rings. The fraction of sp³-hybridized carbons (Fsp3) is 0.800. The molecular formula is C5H9NO2. The molecule has 3 heteroatoms. The van der Waals surface area contributed by atoms with Crippen molar-refractivity contribution in [3.05, 3.63) is 0 Å². The Hall–Kier alpha value is -0.570. The summed E-state index contributed by atoms with van der Waals surface area (Å²) in [6.45, 7) is 2.57. The largest absolute Gasteiger partial charge is 0.411 e. The fourth-order valence-electron chi connectivity index (χ4n) is 0.771. The average molecular weight is 115 g/mol. The molecule has 1 aliphatic heterocycles. The van der Waals surface area contributed by atoms with E-state index in [0.717, 1.165) is 12.1 Å². The maximum absolute atomic E-state index is 8.24. The molecule has 1 heterocycles. The molecule has 0 amide bonds. The van der Waals surface area contributed by atoms with Gasteiger partial charge in [-0.2, -0.15) is 0 Å². The molecule has 0 unspecified atom stereocenters. The van der Waals surface area contributed by atoms with Crippen molar-refractivity contribution in [1.29, 1.82) is 0 Å². The van der Waals surface area contributed by atoms with E-state index in [0.29, 0.717) is 6.61 Å². The van der Waals surface area contributed by atoms with E-state index < -0.39 is 0 Å². The lowest BCUT2D eigenvalue weighted by Crippen LogP contribution is -2.09. The van der Waals surface area contributed by atoms with Gasteiger partial charge < -0.3 is 9.94 Å². The Balaban J connectivity index is 2.55. The number of nitrogens with zero attached hydrogens (tertiary/aromatic N) is 1. The molecule has 0 bridgehead atoms. The third-order valence-corrected chi connectivity index (χ3v) is 1.32. The Morgan fingerprint density at radius 1 is 1.88 bits per heavy atom. The molecule has 0 aliphatic carbocycles. The summed E-state index contributed by atoms with van der Waals surface area (Å²) in [5, 5.41) is 11.3. The zero-order valence-electron chi connectivity index (χ0n) is 4.79. The molecule has 0 saturated carbocycles. The molecule has 0 spiro atoms. The standard InChI is InChI=1S/C5H9NO2/c1-4-5(6-7)2-3-8-4/h4,7H,2-3H2,1H3/t4-/m0/s1. The first-order chi connectivity index (χ1) is 3.84. The van der Waals surface area contributed by atoms with Crippen molar-refractivity contribution >= 4 is 5.71 Å². The molecule has 1 atom stereocenters. The molecule has 0 aromatic rings. The second-order valence-electron chi connectivity index (χ2n) is 1.85. The predicted octanol–water partition coefficient (Wildman–Crippen LogP) is 0.625. The van der Waals surface area contributed by atoms with Gasteiger partial charge in [-0.3, -0.25) is 0 Å². The van der Waals surface area contributed by atoms with Crippen LogP contribution < -0.4 is 0 Å². The van der Waals surface area contributed by atoms with Gasteiger partial charge in [-0.1, -0.05) is 5.16 Å². The smallest absolute Gasteiger partial charge is 0.0962 e. The molecule has 1 rings (SSSR count). The van der Waals surface area contributed by atoms with Gasteiger partial charge in [0.05, 0.1) is 18.4 Å². The van der Waals surface area contributed by atoms with Crippen LogP contribution in [0.15, 0.2) is 5.16 Å². The van der Waals surface area contributed by atoms with Crippen LogP contribution in [0.5, 0.6) is 0 Å². The Kier molecular flexibility index (Phi) is 1.48. The van der Waals surface area contributed by atoms with E-state index in [-0.39, 0.29) is 6.10 Å². The van der Waals surface area contributed by atoms with Crippen LogP contribution in [0.2, 0.25) is 0 Å². The number of oxime groups is 1. The zero-order valence-corrected chi connectivity index (χ0v) is 4.79. The maximum atomic E-state index is 8.24. The zero-order chi connectivity index (χ0) is 5.98. The quantitative estimate of drug-likeness (QED) is 0.371. The summed E-state index contributed by atoms with van der Waals surface area (Å²) < 4.78 is 5.07. The lowest BCUT2D eigenvalue weighted by Gasteiger charge is -1.97. The normalized spacial score (nSPS) is 34.1. The number of rotatable bonds is 0. The van der Waals surface area contributed by atoms with E-state index in [2.05, 4.69) is 5.16 Å². The number of hydrogen-bond donors (Lipinski definition) is 1. The van der Waals surface area contributed by atoms with Crippen LogP contribution >= 0.6 is 0 Å². The Morgan fingerprint density at radius 2 is 2.62 bits per heavy atom. The van der Waals surface area contributed by atoms with E-state index in [4.69, 9.17) is 9.94 Å². The van der Waals surface area contributed by atoms with Crippen LogP contribution in [-0.2, 0) is 4.74 Å². The first-order valence-electron chi connectivity index (χ1n) is 2.67. The van der Waals surface area contributed by atoms with Crippen LogP contribution in [0, 0.1) is 0 Å². The highest BCUT2D eigenvalue weighted by atomic mass is 16.5. The van der Waals surface area contributed by atoms with Crippen molar-refractivity contribution in [2.75, 3.05) is 6.61 Å². The van der Waals surface area contributed by atoms with Gasteiger partial charge in [-0.15, -0.1) is 0 Å². The Bertz CT molecular complexity index is 111. The van der Waals surface area contributed by atoms with Crippen LogP contribution in [-0.4, -0.2) is 23.6 Å². The van der Waals surface area contributed by atoms with Gasteiger partial charge in [-0.05, 0) is 6.92 Å². The molecule has 0 radical (unpaired) electrons. The summed E-state index contributed by atoms with van der Waals surface area (Å²) in [4.78, 5) is 0. The topological polar surface area (TPSA) is 41.8 Å². The lowest BCUT2D eigenvalue weighted by molar-refractivity contribution is 0.144. The van der Waals surface area contributed by atoms with Gasteiger partial charge >= 0.3 is 0 Å². The summed E-state index contributed by atoms with van der Waals surface area (Å²) in [6, 6.07) is 0. The second kappa shape index (κ2) is 2.13. The summed E-state index contributed by atoms with van der Waals surface area (Å²) >= 11 is 0. The van der Waals surface area contributed by atoms with Gasteiger partial charge in [0.25, 0.3) is 0 Å². The minimum Gasteiger partial charge on any atom is -0.411 e. The average Bonchev–Trinajstić information content (AvgIpc) is 2.14. The van der Waals surface area contributed by atoms with Crippen LogP contribution in [0.1, 0.15) is 13.3 Å². The predicted molar refractivity (Wildman–Crippen MR) is 29.3 cm³/mol. The third-order valence-electron chi connectivity index (χ3n) is 1.32. The van der Waals surface area contributed by atoms with Crippen molar-refractivity contribution in [3.8, 4) is 0 Å². The highest BCUT2D eigenvalue weighted by molar-refractivity contribution is 5.89. The van der Waals surface area contributed by atoms with Crippen molar-refractivity contribution < 1.29 is 9.94 Å². The molecule has 8 heavy (non-hydrogen) atoms. The van der Waals surface area contributed by atoms with E-state index in [1.807, 2.05) is 6.92 Å². The molecule has 46 valence electrons. The second-order valence-corrected chi connectivity index (χ2v) is 1.85. The molecule has 1 N–H and O–H groups in total. The summed E-state index contributed by atoms with van der Waals surface area (Å²) in [5.74, 6) is 0. The fourth-order valence-corrected chi connectivity index (χ4v) is 0.771. The Labute approximate surface area is 48.0 Å². The highest BCUT2D eigenvalue weighted by Crippen LogP contribution is 2.07. The van der Waals surface area contributed by atoms with Crippen LogP contribution in [0.25, 0.3) is 0 Å². The number of ether oxygens (including phenoxy) is 1. The van der Waals surface area contributed by atoms with Crippen molar-refractivity contribution in [2.24, 2.45) is 5.16 Å². The van der Waals surface area contributed by atoms with Gasteiger partial charge in [0.2, 0.25) is 0 Å². The minimum absolute atomic E-state index is 0.0278. The van der Waals surface area contributed by atoms with Gasteiger partial charge in [0.1, 0.15) is 0 Å². The minimum atomic E-state index is 0.0278. The maximum Gasteiger partial charge on any atom is 0.0962 e. The van der Waals surface area contributed by atoms with E-state index in [1.54, 1.807) is 0 Å². The molecular weight excluding hydrogens is 106 g/mol. The van der Waals surface area contributed by atoms with Crippen molar-refractivity contribution in [2.45, 2.75) is 19.4 Å². The molecule has 3 nitrogen and oxygen atoms in total. The van der Waals surface area contributed by atoms with Crippen molar-refractivity contribution in [1.82, 2.24) is 0 Å². The Morgan fingerprint density at radius 3 is 2.88 bits per heavy atom. The molecule has 0 aromatic heterocycles. The molecule has 1 fully saturated rings. The summed E-state index contributed by atoms with van der Waals surface area (Å²) in [5.41, 5.74) is 0.755. The first kappa shape index (κ1) is 5.56. The first-order valence-corrected chi connectivity index (χ1v) is 2.67. The SMILES string of the molecule is C[C@@H]1OCCC1=NO.